The van der Waals surface area contributed by atoms with Crippen LogP contribution in [0.5, 0.6) is 0 Å². The van der Waals surface area contributed by atoms with Crippen LogP contribution in [0.4, 0.5) is 5.69 Å². The van der Waals surface area contributed by atoms with Crippen molar-refractivity contribution in [3.63, 3.8) is 0 Å². The number of sulfonamides is 1. The normalized spacial score (nSPS) is 11.4. The van der Waals surface area contributed by atoms with E-state index in [9.17, 15) is 8.42 Å². The molecule has 0 fully saturated rings. The van der Waals surface area contributed by atoms with E-state index in [-0.39, 0.29) is 4.90 Å². The molecule has 0 heterocycles. The first-order chi connectivity index (χ1) is 9.33. The van der Waals surface area contributed by atoms with Gasteiger partial charge in [-0.1, -0.05) is 24.3 Å². The summed E-state index contributed by atoms with van der Waals surface area (Å²) >= 11 is 0. The van der Waals surface area contributed by atoms with Gasteiger partial charge >= 0.3 is 0 Å². The van der Waals surface area contributed by atoms with Gasteiger partial charge in [-0.15, -0.1) is 0 Å². The van der Waals surface area contributed by atoms with Gasteiger partial charge in [0.15, 0.2) is 0 Å². The Bertz CT molecular complexity index is 735. The Kier molecular flexibility index (Phi) is 3.86. The summed E-state index contributed by atoms with van der Waals surface area (Å²) in [5.74, 6) is 0. The van der Waals surface area contributed by atoms with Crippen molar-refractivity contribution >= 4 is 15.7 Å². The standard InChI is InChI=1S/C16H19NO2S/c1-11-10-12(2)16(14(4)13(11)3)17-20(18,19)15-8-6-5-7-9-15/h5-10,17H,1-4H3. The highest BCUT2D eigenvalue weighted by atomic mass is 32.2. The maximum atomic E-state index is 12.4. The molecular formula is C16H19NO2S. The van der Waals surface area contributed by atoms with Gasteiger partial charge in [0.2, 0.25) is 0 Å². The van der Waals surface area contributed by atoms with E-state index in [1.807, 2.05) is 33.8 Å². The van der Waals surface area contributed by atoms with Crippen LogP contribution < -0.4 is 4.72 Å². The van der Waals surface area contributed by atoms with Crippen molar-refractivity contribution in [2.45, 2.75) is 32.6 Å². The average Bonchev–Trinajstić information content (AvgIpc) is 2.42. The van der Waals surface area contributed by atoms with Crippen molar-refractivity contribution in [3.05, 3.63) is 58.7 Å². The fourth-order valence-electron chi connectivity index (χ4n) is 2.23. The zero-order valence-corrected chi connectivity index (χ0v) is 13.0. The second-order valence-corrected chi connectivity index (χ2v) is 6.74. The Hall–Kier alpha value is -1.81. The van der Waals surface area contributed by atoms with Crippen LogP contribution in [0.3, 0.4) is 0 Å². The highest BCUT2D eigenvalue weighted by Gasteiger charge is 2.17. The molecule has 0 saturated heterocycles. The molecule has 20 heavy (non-hydrogen) atoms. The first-order valence-corrected chi connectivity index (χ1v) is 7.96. The fourth-order valence-corrected chi connectivity index (χ4v) is 3.45. The topological polar surface area (TPSA) is 46.2 Å². The highest BCUT2D eigenvalue weighted by molar-refractivity contribution is 7.92. The van der Waals surface area contributed by atoms with Crippen LogP contribution in [0.1, 0.15) is 22.3 Å². The third-order valence-electron chi connectivity index (χ3n) is 3.65. The summed E-state index contributed by atoms with van der Waals surface area (Å²) in [5, 5.41) is 0. The lowest BCUT2D eigenvalue weighted by Gasteiger charge is -2.17. The molecule has 0 bridgehead atoms. The number of nitrogens with one attached hydrogen (secondary N) is 1. The molecule has 0 atom stereocenters. The lowest BCUT2D eigenvalue weighted by atomic mass is 9.99. The van der Waals surface area contributed by atoms with E-state index in [0.29, 0.717) is 5.69 Å². The molecule has 0 aliphatic heterocycles. The maximum Gasteiger partial charge on any atom is 0.261 e. The zero-order chi connectivity index (χ0) is 14.9. The van der Waals surface area contributed by atoms with Crippen LogP contribution in [0.25, 0.3) is 0 Å². The average molecular weight is 289 g/mol. The second kappa shape index (κ2) is 5.29. The van der Waals surface area contributed by atoms with Gasteiger partial charge in [0, 0.05) is 0 Å². The summed E-state index contributed by atoms with van der Waals surface area (Å²) in [5.41, 5.74) is 4.87. The summed E-state index contributed by atoms with van der Waals surface area (Å²) in [4.78, 5) is 0.275. The van der Waals surface area contributed by atoms with E-state index in [1.165, 1.54) is 5.56 Å². The minimum Gasteiger partial charge on any atom is -0.279 e. The molecule has 0 aliphatic rings. The van der Waals surface area contributed by atoms with Crippen LogP contribution in [0.15, 0.2) is 41.3 Å². The van der Waals surface area contributed by atoms with E-state index >= 15 is 0 Å². The number of benzene rings is 2. The van der Waals surface area contributed by atoms with Crippen LogP contribution in [-0.4, -0.2) is 8.42 Å². The molecule has 0 spiro atoms. The summed E-state index contributed by atoms with van der Waals surface area (Å²) in [6, 6.07) is 10.4. The minimum absolute atomic E-state index is 0.275. The van der Waals surface area contributed by atoms with E-state index < -0.39 is 10.0 Å². The number of hydrogen-bond acceptors (Lipinski definition) is 2. The van der Waals surface area contributed by atoms with Gasteiger partial charge in [0.1, 0.15) is 0 Å². The van der Waals surface area contributed by atoms with E-state index in [0.717, 1.165) is 16.7 Å². The van der Waals surface area contributed by atoms with Crippen molar-refractivity contribution in [1.82, 2.24) is 0 Å². The van der Waals surface area contributed by atoms with Crippen molar-refractivity contribution in [1.29, 1.82) is 0 Å². The van der Waals surface area contributed by atoms with Gasteiger partial charge in [-0.25, -0.2) is 8.42 Å². The molecule has 0 amide bonds. The van der Waals surface area contributed by atoms with Crippen LogP contribution >= 0.6 is 0 Å². The molecule has 2 rings (SSSR count). The lowest BCUT2D eigenvalue weighted by Crippen LogP contribution is -2.15. The Morgan fingerprint density at radius 3 is 2.05 bits per heavy atom. The third-order valence-corrected chi connectivity index (χ3v) is 5.01. The van der Waals surface area contributed by atoms with Gasteiger partial charge in [-0.2, -0.15) is 0 Å². The molecule has 0 aliphatic carbocycles. The van der Waals surface area contributed by atoms with Crippen LogP contribution in [0, 0.1) is 27.7 Å². The largest absolute Gasteiger partial charge is 0.279 e. The van der Waals surface area contributed by atoms with Crippen molar-refractivity contribution in [2.24, 2.45) is 0 Å². The smallest absolute Gasteiger partial charge is 0.261 e. The molecule has 106 valence electrons. The summed E-state index contributed by atoms with van der Waals surface area (Å²) in [7, 11) is -3.54. The Morgan fingerprint density at radius 2 is 1.45 bits per heavy atom. The van der Waals surface area contributed by atoms with Crippen LogP contribution in [0.2, 0.25) is 0 Å². The molecular weight excluding hydrogens is 270 g/mol. The van der Waals surface area contributed by atoms with Crippen molar-refractivity contribution in [3.8, 4) is 0 Å². The number of rotatable bonds is 3. The molecule has 1 N–H and O–H groups in total. The molecule has 0 aromatic heterocycles. The predicted octanol–water partition coefficient (Wildman–Crippen LogP) is 3.72. The SMILES string of the molecule is Cc1cc(C)c(NS(=O)(=O)c2ccccc2)c(C)c1C. The summed E-state index contributed by atoms with van der Waals surface area (Å²) in [6.07, 6.45) is 0. The fraction of sp³-hybridized carbons (Fsp3) is 0.250. The van der Waals surface area contributed by atoms with Gasteiger partial charge in [0.25, 0.3) is 10.0 Å². The third kappa shape index (κ3) is 2.70. The second-order valence-electron chi connectivity index (χ2n) is 5.05. The Labute approximate surface area is 120 Å². The highest BCUT2D eigenvalue weighted by Crippen LogP contribution is 2.28. The summed E-state index contributed by atoms with van der Waals surface area (Å²) in [6.45, 7) is 7.90. The van der Waals surface area contributed by atoms with Gasteiger partial charge < -0.3 is 0 Å². The molecule has 2 aromatic carbocycles. The quantitative estimate of drug-likeness (QED) is 0.936. The Balaban J connectivity index is 2.48. The first kappa shape index (κ1) is 14.6. The van der Waals surface area contributed by atoms with Gasteiger partial charge in [0.05, 0.1) is 10.6 Å². The molecule has 4 heteroatoms. The van der Waals surface area contributed by atoms with Crippen molar-refractivity contribution < 1.29 is 8.42 Å². The molecule has 0 radical (unpaired) electrons. The van der Waals surface area contributed by atoms with E-state index in [4.69, 9.17) is 0 Å². The lowest BCUT2D eigenvalue weighted by molar-refractivity contribution is 0.601. The van der Waals surface area contributed by atoms with Crippen molar-refractivity contribution in [2.75, 3.05) is 4.72 Å². The summed E-state index contributed by atoms with van der Waals surface area (Å²) < 4.78 is 27.5. The zero-order valence-electron chi connectivity index (χ0n) is 12.2. The van der Waals surface area contributed by atoms with Crippen LogP contribution in [-0.2, 0) is 10.0 Å². The molecule has 3 nitrogen and oxygen atoms in total. The number of hydrogen-bond donors (Lipinski definition) is 1. The molecule has 0 unspecified atom stereocenters. The molecule has 2 aromatic rings. The number of anilines is 1. The minimum atomic E-state index is -3.54. The van der Waals surface area contributed by atoms with E-state index in [1.54, 1.807) is 30.3 Å². The number of aryl methyl sites for hydroxylation is 2. The van der Waals surface area contributed by atoms with Gasteiger partial charge in [-0.3, -0.25) is 4.72 Å². The maximum absolute atomic E-state index is 12.4. The predicted molar refractivity (Wildman–Crippen MR) is 82.6 cm³/mol. The van der Waals surface area contributed by atoms with Gasteiger partial charge in [-0.05, 0) is 62.1 Å². The first-order valence-electron chi connectivity index (χ1n) is 6.48. The Morgan fingerprint density at radius 1 is 0.850 bits per heavy atom. The molecule has 0 saturated carbocycles. The monoisotopic (exact) mass is 289 g/mol. The van der Waals surface area contributed by atoms with E-state index in [2.05, 4.69) is 4.72 Å².